The number of carbonyl (C=O) groups is 4. The van der Waals surface area contributed by atoms with Gasteiger partial charge in [-0.2, -0.15) is 0 Å². The van der Waals surface area contributed by atoms with Gasteiger partial charge in [0.15, 0.2) is 11.5 Å². The average Bonchev–Trinajstić information content (AvgIpc) is 3.34. The van der Waals surface area contributed by atoms with Gasteiger partial charge in [0.1, 0.15) is 5.75 Å². The highest BCUT2D eigenvalue weighted by Gasteiger charge is 2.37. The monoisotopic (exact) mass is 612 g/mol. The fraction of sp³-hybridized carbons (Fsp3) is 0.576. The number of benzene rings is 2. The number of carbonyl (C=O) groups excluding carboxylic acids is 2. The second-order valence-corrected chi connectivity index (χ2v) is 12.4. The minimum Gasteiger partial charge on any atom is -0.492 e. The van der Waals surface area contributed by atoms with Crippen LogP contribution in [0.4, 0.5) is 4.79 Å². The van der Waals surface area contributed by atoms with Crippen LogP contribution in [-0.2, 0) is 26.2 Å². The molecule has 4 rings (SSSR count). The van der Waals surface area contributed by atoms with E-state index in [0.29, 0.717) is 56.6 Å². The smallest absolute Gasteiger partial charge is 0.412 e. The summed E-state index contributed by atoms with van der Waals surface area (Å²) in [5.41, 5.74) is 2.83. The second kappa shape index (κ2) is 14.7. The van der Waals surface area contributed by atoms with E-state index in [1.54, 1.807) is 0 Å². The van der Waals surface area contributed by atoms with Crippen molar-refractivity contribution in [3.8, 4) is 17.2 Å². The number of aliphatic carboxylic acids is 2. The highest BCUT2D eigenvalue weighted by molar-refractivity contribution is 6.03. The number of fused-ring (bicyclic) bond motifs is 5. The maximum Gasteiger partial charge on any atom is 0.412 e. The van der Waals surface area contributed by atoms with Crippen LogP contribution in [0, 0.1) is 0 Å². The van der Waals surface area contributed by atoms with Gasteiger partial charge in [-0.3, -0.25) is 14.4 Å². The summed E-state index contributed by atoms with van der Waals surface area (Å²) >= 11 is 0. The van der Waals surface area contributed by atoms with E-state index >= 15 is 0 Å². The predicted octanol–water partition coefficient (Wildman–Crippen LogP) is 5.43. The molecule has 1 amide bonds. The van der Waals surface area contributed by atoms with Crippen molar-refractivity contribution in [3.63, 3.8) is 0 Å². The highest BCUT2D eigenvalue weighted by Crippen LogP contribution is 2.55. The summed E-state index contributed by atoms with van der Waals surface area (Å²) in [5, 5.41) is 24.7. The first kappa shape index (κ1) is 33.0. The number of nitrogens with one attached hydrogen (secondary N) is 2. The van der Waals surface area contributed by atoms with Gasteiger partial charge in [-0.25, -0.2) is 4.79 Å². The van der Waals surface area contributed by atoms with Gasteiger partial charge >= 0.3 is 24.0 Å². The molecule has 1 atom stereocenters. The quantitative estimate of drug-likeness (QED) is 0.116. The first-order chi connectivity index (χ1) is 21.0. The molecule has 0 bridgehead atoms. The first-order valence-electron chi connectivity index (χ1n) is 15.6. The van der Waals surface area contributed by atoms with Crippen molar-refractivity contribution >= 4 is 34.8 Å². The minimum absolute atomic E-state index is 0.0841. The van der Waals surface area contributed by atoms with Crippen LogP contribution in [0.15, 0.2) is 12.1 Å². The molecular formula is C33H44N2O9. The molecule has 1 aliphatic heterocycles. The summed E-state index contributed by atoms with van der Waals surface area (Å²) in [4.78, 5) is 47.8. The van der Waals surface area contributed by atoms with Crippen LogP contribution in [0.1, 0.15) is 101 Å². The molecule has 240 valence electrons. The molecule has 0 fully saturated rings. The average molecular weight is 613 g/mol. The number of aryl methyl sites for hydroxylation is 1. The van der Waals surface area contributed by atoms with E-state index in [4.69, 9.17) is 24.4 Å². The van der Waals surface area contributed by atoms with Crippen molar-refractivity contribution in [1.29, 1.82) is 0 Å². The Hall–Kier alpha value is -3.86. The molecule has 0 aromatic heterocycles. The third kappa shape index (κ3) is 7.99. The molecule has 0 radical (unpaired) electrons. The molecular weight excluding hydrogens is 568 g/mol. The maximum atomic E-state index is 13.3. The molecule has 2 aromatic carbocycles. The summed E-state index contributed by atoms with van der Waals surface area (Å²) < 4.78 is 18.3. The lowest BCUT2D eigenvalue weighted by Crippen LogP contribution is -2.31. The Bertz CT molecular complexity index is 1400. The van der Waals surface area contributed by atoms with E-state index in [9.17, 15) is 19.2 Å². The molecule has 4 N–H and O–H groups in total. The van der Waals surface area contributed by atoms with Gasteiger partial charge in [0, 0.05) is 41.6 Å². The van der Waals surface area contributed by atoms with Crippen molar-refractivity contribution in [2.45, 2.75) is 96.3 Å². The summed E-state index contributed by atoms with van der Waals surface area (Å²) in [5.74, 6) is -1.29. The number of ether oxygens (including phenoxy) is 3. The molecule has 1 aliphatic carbocycles. The van der Waals surface area contributed by atoms with Gasteiger partial charge in [0.2, 0.25) is 0 Å². The summed E-state index contributed by atoms with van der Waals surface area (Å²) in [6, 6.07) is 4.16. The Morgan fingerprint density at radius 1 is 0.955 bits per heavy atom. The lowest BCUT2D eigenvalue weighted by atomic mass is 9.71. The van der Waals surface area contributed by atoms with Crippen LogP contribution < -0.4 is 24.8 Å². The topological polar surface area (TPSA) is 160 Å². The number of hydrogen-bond acceptors (Lipinski definition) is 8. The number of carboxylic acid groups (broad SMARTS) is 2. The van der Waals surface area contributed by atoms with Gasteiger partial charge in [0.05, 0.1) is 13.2 Å². The van der Waals surface area contributed by atoms with E-state index in [1.165, 1.54) is 5.56 Å². The first-order valence-corrected chi connectivity index (χ1v) is 15.6. The van der Waals surface area contributed by atoms with E-state index in [2.05, 4.69) is 30.5 Å². The van der Waals surface area contributed by atoms with Crippen molar-refractivity contribution < 1.29 is 43.6 Å². The number of unbranched alkanes of at least 4 members (excludes halogenated alkanes) is 3. The standard InChI is InChI=1S/C33H44N2O9/c1-20-19-42-29-22-13-14-23-21(10-8-15-33(23,2)3)28(22)31(43-26(40)12-7-5-4-6-11-24(36)37)30(27(20)29)44-32(41)35-17-9-16-34-18-25(38)39/h13-14,20,34H,4-12,15-19H2,1-3H3,(H,35,41)(H,36,37)(H,38,39)/t20-/m0/s1. The molecule has 44 heavy (non-hydrogen) atoms. The van der Waals surface area contributed by atoms with E-state index in [0.717, 1.165) is 35.6 Å². The molecule has 2 aromatic rings. The van der Waals surface area contributed by atoms with Crippen LogP contribution in [0.3, 0.4) is 0 Å². The van der Waals surface area contributed by atoms with Crippen molar-refractivity contribution in [2.75, 3.05) is 26.2 Å². The zero-order chi connectivity index (χ0) is 31.9. The Morgan fingerprint density at radius 2 is 1.70 bits per heavy atom. The zero-order valence-corrected chi connectivity index (χ0v) is 25.9. The normalized spacial score (nSPS) is 16.5. The fourth-order valence-corrected chi connectivity index (χ4v) is 6.20. The summed E-state index contributed by atoms with van der Waals surface area (Å²) in [6.45, 7) is 7.28. The van der Waals surface area contributed by atoms with Crippen LogP contribution in [0.25, 0.3) is 10.8 Å². The van der Waals surface area contributed by atoms with Gasteiger partial charge in [0.25, 0.3) is 0 Å². The van der Waals surface area contributed by atoms with E-state index < -0.39 is 24.0 Å². The van der Waals surface area contributed by atoms with Crippen LogP contribution in [0.2, 0.25) is 0 Å². The van der Waals surface area contributed by atoms with Gasteiger partial charge < -0.3 is 35.1 Å². The van der Waals surface area contributed by atoms with Crippen LogP contribution in [-0.4, -0.2) is 60.5 Å². The number of amides is 1. The number of rotatable bonds is 15. The number of esters is 1. The Balaban J connectivity index is 1.65. The fourth-order valence-electron chi connectivity index (χ4n) is 6.20. The lowest BCUT2D eigenvalue weighted by molar-refractivity contribution is -0.137. The van der Waals surface area contributed by atoms with Crippen LogP contribution in [0.5, 0.6) is 17.2 Å². The van der Waals surface area contributed by atoms with Crippen molar-refractivity contribution in [3.05, 3.63) is 28.8 Å². The maximum absolute atomic E-state index is 13.3. The third-order valence-electron chi connectivity index (χ3n) is 8.42. The third-order valence-corrected chi connectivity index (χ3v) is 8.42. The molecule has 0 unspecified atom stereocenters. The predicted molar refractivity (Wildman–Crippen MR) is 164 cm³/mol. The van der Waals surface area contributed by atoms with Crippen LogP contribution >= 0.6 is 0 Å². The second-order valence-electron chi connectivity index (χ2n) is 12.4. The van der Waals surface area contributed by atoms with E-state index in [-0.39, 0.29) is 48.8 Å². The highest BCUT2D eigenvalue weighted by atomic mass is 16.6. The minimum atomic E-state index is -0.954. The largest absolute Gasteiger partial charge is 0.492 e. The van der Waals surface area contributed by atoms with Crippen molar-refractivity contribution in [1.82, 2.24) is 10.6 Å². The van der Waals surface area contributed by atoms with Gasteiger partial charge in [-0.1, -0.05) is 45.7 Å². The van der Waals surface area contributed by atoms with Crippen molar-refractivity contribution in [2.24, 2.45) is 0 Å². The van der Waals surface area contributed by atoms with Gasteiger partial charge in [-0.15, -0.1) is 0 Å². The zero-order valence-electron chi connectivity index (χ0n) is 25.9. The molecule has 0 saturated carbocycles. The summed E-state index contributed by atoms with van der Waals surface area (Å²) in [7, 11) is 0. The Morgan fingerprint density at radius 3 is 2.43 bits per heavy atom. The SMILES string of the molecule is C[C@H]1COc2c1c(OC(=O)NCCCNCC(=O)O)c(OC(=O)CCCCCCC(=O)O)c1c3c(ccc21)C(C)(C)CCC3. The molecule has 11 heteroatoms. The van der Waals surface area contributed by atoms with E-state index in [1.807, 2.05) is 13.0 Å². The Labute approximate surface area is 257 Å². The molecule has 0 spiro atoms. The number of hydrogen-bond donors (Lipinski definition) is 4. The number of carboxylic acids is 2. The van der Waals surface area contributed by atoms with Gasteiger partial charge in [-0.05, 0) is 61.6 Å². The summed E-state index contributed by atoms with van der Waals surface area (Å²) in [6.07, 6.45) is 5.33. The molecule has 11 nitrogen and oxygen atoms in total. The Kier molecular flexibility index (Phi) is 11.1. The lowest BCUT2D eigenvalue weighted by Gasteiger charge is -2.34. The molecule has 0 saturated heterocycles. The molecule has 2 aliphatic rings. The molecule has 1 heterocycles.